The minimum absolute atomic E-state index is 0.293. The predicted molar refractivity (Wildman–Crippen MR) is 49.5 cm³/mol. The van der Waals surface area contributed by atoms with Crippen LogP contribution in [0.5, 0.6) is 0 Å². The quantitative estimate of drug-likeness (QED) is 0.594. The van der Waals surface area contributed by atoms with E-state index in [1.165, 1.54) is 11.3 Å². The first-order valence-electron chi connectivity index (χ1n) is 3.32. The highest BCUT2D eigenvalue weighted by Crippen LogP contribution is 2.28. The van der Waals surface area contributed by atoms with Crippen LogP contribution in [0.3, 0.4) is 0 Å². The number of carbonyl (C=O) groups excluding carboxylic acids is 1. The Bertz CT molecular complexity index is 248. The summed E-state index contributed by atoms with van der Waals surface area (Å²) in [6, 6.07) is 0. The van der Waals surface area contributed by atoms with Crippen LogP contribution in [0.4, 0.5) is 0 Å². The van der Waals surface area contributed by atoms with Gasteiger partial charge in [-0.25, -0.2) is 4.98 Å². The maximum absolute atomic E-state index is 10.3. The van der Waals surface area contributed by atoms with Gasteiger partial charge in [0.1, 0.15) is 10.7 Å². The average molecular weight is 234 g/mol. The molecule has 0 N–H and O–H groups in total. The number of thiazole rings is 1. The van der Waals surface area contributed by atoms with Crippen LogP contribution in [0, 0.1) is 0 Å². The molecule has 0 aromatic carbocycles. The van der Waals surface area contributed by atoms with E-state index in [-0.39, 0.29) is 0 Å². The molecule has 1 heterocycles. The van der Waals surface area contributed by atoms with Crippen LogP contribution in [0.25, 0.3) is 0 Å². The lowest BCUT2D eigenvalue weighted by Crippen LogP contribution is -1.86. The topological polar surface area (TPSA) is 30.0 Å². The number of hydrogen-bond acceptors (Lipinski definition) is 3. The van der Waals surface area contributed by atoms with E-state index < -0.39 is 0 Å². The van der Waals surface area contributed by atoms with Crippen molar-refractivity contribution in [2.24, 2.45) is 0 Å². The van der Waals surface area contributed by atoms with E-state index >= 15 is 0 Å². The van der Waals surface area contributed by atoms with Crippen LogP contribution < -0.4 is 0 Å². The SMILES string of the molecule is CCC(Br)c1nc(C=O)cs1. The van der Waals surface area contributed by atoms with Crippen molar-refractivity contribution in [1.82, 2.24) is 4.98 Å². The molecule has 0 radical (unpaired) electrons. The van der Waals surface area contributed by atoms with Crippen molar-refractivity contribution in [1.29, 1.82) is 0 Å². The summed E-state index contributed by atoms with van der Waals surface area (Å²) in [7, 11) is 0. The van der Waals surface area contributed by atoms with Gasteiger partial charge in [0.25, 0.3) is 0 Å². The molecule has 0 amide bonds. The van der Waals surface area contributed by atoms with Crippen molar-refractivity contribution < 1.29 is 4.79 Å². The lowest BCUT2D eigenvalue weighted by molar-refractivity contribution is 0.111. The first-order chi connectivity index (χ1) is 5.27. The zero-order valence-electron chi connectivity index (χ0n) is 6.08. The molecule has 0 saturated heterocycles. The minimum atomic E-state index is 0.293. The van der Waals surface area contributed by atoms with Gasteiger partial charge in [-0.15, -0.1) is 11.3 Å². The van der Waals surface area contributed by atoms with Crippen LogP contribution in [-0.2, 0) is 0 Å². The normalized spacial score (nSPS) is 12.9. The van der Waals surface area contributed by atoms with E-state index in [9.17, 15) is 4.79 Å². The molecule has 1 aromatic rings. The summed E-state index contributed by atoms with van der Waals surface area (Å²) < 4.78 is 0. The fourth-order valence-electron chi connectivity index (χ4n) is 0.673. The van der Waals surface area contributed by atoms with E-state index in [2.05, 4.69) is 27.8 Å². The minimum Gasteiger partial charge on any atom is -0.296 e. The molecule has 1 rings (SSSR count). The molecule has 1 atom stereocenters. The predicted octanol–water partition coefficient (Wildman–Crippen LogP) is 2.80. The van der Waals surface area contributed by atoms with Crippen LogP contribution in [0.2, 0.25) is 0 Å². The first-order valence-corrected chi connectivity index (χ1v) is 5.12. The third-order valence-corrected chi connectivity index (χ3v) is 3.65. The number of hydrogen-bond donors (Lipinski definition) is 0. The Hall–Kier alpha value is -0.220. The summed E-state index contributed by atoms with van der Waals surface area (Å²) in [5.41, 5.74) is 0.530. The van der Waals surface area contributed by atoms with Crippen molar-refractivity contribution in [3.63, 3.8) is 0 Å². The standard InChI is InChI=1S/C7H8BrNOS/c1-2-6(8)7-9-5(3-10)4-11-7/h3-4,6H,2H2,1H3. The van der Waals surface area contributed by atoms with Gasteiger partial charge in [-0.1, -0.05) is 22.9 Å². The molecule has 0 aliphatic rings. The Kier molecular flexibility index (Phi) is 3.20. The van der Waals surface area contributed by atoms with Crippen molar-refractivity contribution in [2.75, 3.05) is 0 Å². The van der Waals surface area contributed by atoms with Crippen molar-refractivity contribution in [2.45, 2.75) is 18.2 Å². The lowest BCUT2D eigenvalue weighted by Gasteiger charge is -1.98. The largest absolute Gasteiger partial charge is 0.296 e. The maximum atomic E-state index is 10.3. The summed E-state index contributed by atoms with van der Waals surface area (Å²) >= 11 is 4.98. The molecule has 1 aromatic heterocycles. The van der Waals surface area contributed by atoms with Crippen molar-refractivity contribution >= 4 is 33.6 Å². The Morgan fingerprint density at radius 2 is 2.64 bits per heavy atom. The van der Waals surface area contributed by atoms with Crippen LogP contribution in [0.15, 0.2) is 5.38 Å². The number of aromatic nitrogens is 1. The summed E-state index contributed by atoms with van der Waals surface area (Å²) in [5, 5.41) is 2.75. The molecule has 0 saturated carbocycles. The molecule has 0 spiro atoms. The highest BCUT2D eigenvalue weighted by molar-refractivity contribution is 9.09. The maximum Gasteiger partial charge on any atom is 0.169 e. The number of carbonyl (C=O) groups is 1. The highest BCUT2D eigenvalue weighted by Gasteiger charge is 2.08. The number of rotatable bonds is 3. The Morgan fingerprint density at radius 1 is 1.91 bits per heavy atom. The number of alkyl halides is 1. The first kappa shape index (κ1) is 8.87. The summed E-state index contributed by atoms with van der Waals surface area (Å²) in [5.74, 6) is 0. The molecule has 11 heavy (non-hydrogen) atoms. The molecule has 0 bridgehead atoms. The number of nitrogens with zero attached hydrogens (tertiary/aromatic N) is 1. The molecule has 0 aliphatic heterocycles. The van der Waals surface area contributed by atoms with Gasteiger partial charge in [-0.3, -0.25) is 4.79 Å². The third-order valence-electron chi connectivity index (χ3n) is 1.29. The van der Waals surface area contributed by atoms with E-state index in [4.69, 9.17) is 0 Å². The molecular weight excluding hydrogens is 226 g/mol. The van der Waals surface area contributed by atoms with E-state index in [0.29, 0.717) is 10.5 Å². The van der Waals surface area contributed by atoms with Gasteiger partial charge in [0, 0.05) is 5.38 Å². The monoisotopic (exact) mass is 233 g/mol. The van der Waals surface area contributed by atoms with E-state index in [0.717, 1.165) is 17.7 Å². The molecule has 2 nitrogen and oxygen atoms in total. The number of halogens is 1. The van der Waals surface area contributed by atoms with Gasteiger partial charge in [-0.2, -0.15) is 0 Å². The Balaban J connectivity index is 2.79. The summed E-state index contributed by atoms with van der Waals surface area (Å²) in [4.78, 5) is 14.7. The molecule has 1 unspecified atom stereocenters. The van der Waals surface area contributed by atoms with Crippen LogP contribution in [0.1, 0.15) is 33.7 Å². The second kappa shape index (κ2) is 3.97. The highest BCUT2D eigenvalue weighted by atomic mass is 79.9. The molecule has 4 heteroatoms. The van der Waals surface area contributed by atoms with Crippen molar-refractivity contribution in [3.05, 3.63) is 16.1 Å². The van der Waals surface area contributed by atoms with Crippen LogP contribution >= 0.6 is 27.3 Å². The molecule has 0 fully saturated rings. The summed E-state index contributed by atoms with van der Waals surface area (Å²) in [6.45, 7) is 2.07. The van der Waals surface area contributed by atoms with Gasteiger partial charge in [0.05, 0.1) is 4.83 Å². The lowest BCUT2D eigenvalue weighted by atomic mass is 10.3. The Labute approximate surface area is 77.8 Å². The van der Waals surface area contributed by atoms with Crippen LogP contribution in [-0.4, -0.2) is 11.3 Å². The van der Waals surface area contributed by atoms with Gasteiger partial charge in [0.2, 0.25) is 0 Å². The average Bonchev–Trinajstić information content (AvgIpc) is 2.50. The van der Waals surface area contributed by atoms with E-state index in [1.807, 2.05) is 0 Å². The smallest absolute Gasteiger partial charge is 0.169 e. The van der Waals surface area contributed by atoms with Gasteiger partial charge >= 0.3 is 0 Å². The molecule has 0 aliphatic carbocycles. The van der Waals surface area contributed by atoms with Crippen molar-refractivity contribution in [3.8, 4) is 0 Å². The fraction of sp³-hybridized carbons (Fsp3) is 0.429. The molecule has 60 valence electrons. The van der Waals surface area contributed by atoms with Gasteiger partial charge in [0.15, 0.2) is 6.29 Å². The number of aldehydes is 1. The Morgan fingerprint density at radius 3 is 3.09 bits per heavy atom. The zero-order chi connectivity index (χ0) is 8.27. The fourth-order valence-corrected chi connectivity index (χ4v) is 1.92. The third kappa shape index (κ3) is 2.10. The molecular formula is C7H8BrNOS. The van der Waals surface area contributed by atoms with Gasteiger partial charge < -0.3 is 0 Å². The van der Waals surface area contributed by atoms with E-state index in [1.54, 1.807) is 5.38 Å². The second-order valence-corrected chi connectivity index (χ2v) is 4.10. The van der Waals surface area contributed by atoms with Gasteiger partial charge in [-0.05, 0) is 6.42 Å². The second-order valence-electron chi connectivity index (χ2n) is 2.10. The zero-order valence-corrected chi connectivity index (χ0v) is 8.48. The summed E-state index contributed by atoms with van der Waals surface area (Å²) in [6.07, 6.45) is 1.77.